The zero-order chi connectivity index (χ0) is 17.3. The average Bonchev–Trinajstić information content (AvgIpc) is 3.13. The average molecular weight is 321 g/mol. The molecule has 0 fully saturated rings. The fourth-order valence-corrected chi connectivity index (χ4v) is 2.93. The molecule has 24 heavy (non-hydrogen) atoms. The smallest absolute Gasteiger partial charge is 0.272 e. The first-order valence-corrected chi connectivity index (χ1v) is 7.94. The molecule has 0 saturated carbocycles. The third-order valence-electron chi connectivity index (χ3n) is 4.08. The van der Waals surface area contributed by atoms with Gasteiger partial charge in [0, 0.05) is 31.9 Å². The van der Waals surface area contributed by atoms with Crippen molar-refractivity contribution in [3.05, 3.63) is 47.5 Å². The van der Waals surface area contributed by atoms with Crippen LogP contribution in [0.15, 0.2) is 30.5 Å². The third kappa shape index (κ3) is 2.65. The second kappa shape index (κ2) is 6.20. The minimum atomic E-state index is -0.246. The van der Waals surface area contributed by atoms with Crippen LogP contribution in [0.5, 0.6) is 0 Å². The van der Waals surface area contributed by atoms with E-state index >= 15 is 0 Å². The maximum absolute atomic E-state index is 12.4. The molecule has 0 aliphatic carbocycles. The Balaban J connectivity index is 1.91. The van der Waals surface area contributed by atoms with Crippen molar-refractivity contribution >= 4 is 22.6 Å². The van der Waals surface area contributed by atoms with Gasteiger partial charge < -0.3 is 14.5 Å². The van der Waals surface area contributed by atoms with Gasteiger partial charge in [-0.25, -0.2) is 4.98 Å². The van der Waals surface area contributed by atoms with Crippen LogP contribution >= 0.6 is 0 Å². The largest absolute Gasteiger partial charge is 0.345 e. The van der Waals surface area contributed by atoms with Crippen LogP contribution in [0.2, 0.25) is 0 Å². The Morgan fingerprint density at radius 3 is 2.75 bits per heavy atom. The first-order valence-electron chi connectivity index (χ1n) is 7.94. The molecule has 0 unspecified atom stereocenters. The molecule has 1 N–H and O–H groups in total. The van der Waals surface area contributed by atoms with E-state index in [1.807, 2.05) is 24.3 Å². The van der Waals surface area contributed by atoms with Gasteiger partial charge in [-0.15, -0.1) is 0 Å². The summed E-state index contributed by atoms with van der Waals surface area (Å²) < 4.78 is 3.82. The minimum absolute atomic E-state index is 0.246. The molecule has 1 amide bonds. The van der Waals surface area contributed by atoms with Gasteiger partial charge in [0.2, 0.25) is 0 Å². The van der Waals surface area contributed by atoms with Gasteiger partial charge in [-0.3, -0.25) is 4.79 Å². The molecule has 0 aliphatic rings. The summed E-state index contributed by atoms with van der Waals surface area (Å²) in [5.74, 6) is 0.793. The van der Waals surface area contributed by atoms with Gasteiger partial charge >= 0.3 is 0 Å². The number of hydrogen-bond acceptors (Lipinski definition) is 3. The Labute approximate surface area is 140 Å². The maximum atomic E-state index is 12.4. The van der Waals surface area contributed by atoms with E-state index in [0.29, 0.717) is 16.9 Å². The van der Waals surface area contributed by atoms with E-state index in [-0.39, 0.29) is 5.91 Å². The Morgan fingerprint density at radius 1 is 1.33 bits per heavy atom. The highest BCUT2D eigenvalue weighted by Crippen LogP contribution is 2.21. The Bertz CT molecular complexity index is 958. The second-order valence-electron chi connectivity index (χ2n) is 5.62. The van der Waals surface area contributed by atoms with E-state index in [1.165, 1.54) is 0 Å². The van der Waals surface area contributed by atoms with E-state index in [0.717, 1.165) is 29.8 Å². The number of rotatable bonds is 4. The number of carbonyl (C=O) groups is 1. The summed E-state index contributed by atoms with van der Waals surface area (Å²) >= 11 is 0. The van der Waals surface area contributed by atoms with Crippen LogP contribution in [-0.2, 0) is 20.0 Å². The molecule has 0 atom stereocenters. The number of benzene rings is 1. The molecule has 3 rings (SSSR count). The standard InChI is InChI=1S/C18H19N5O/c1-4-17-21-14-9-13(6-7-15(14)23(17)5-2)20-18(24)16-8-12(10-19)11-22(16)3/h6-9,11H,4-5H2,1-3H3,(H,20,24). The van der Waals surface area contributed by atoms with E-state index in [1.54, 1.807) is 23.9 Å². The molecule has 3 aromatic rings. The molecule has 0 radical (unpaired) electrons. The van der Waals surface area contributed by atoms with E-state index < -0.39 is 0 Å². The maximum Gasteiger partial charge on any atom is 0.272 e. The quantitative estimate of drug-likeness (QED) is 0.802. The number of nitrogens with zero attached hydrogens (tertiary/aromatic N) is 4. The van der Waals surface area contributed by atoms with Crippen molar-refractivity contribution in [1.82, 2.24) is 14.1 Å². The van der Waals surface area contributed by atoms with Crippen LogP contribution in [0, 0.1) is 11.3 Å². The van der Waals surface area contributed by atoms with Gasteiger partial charge in [0.1, 0.15) is 17.6 Å². The molecule has 6 heteroatoms. The number of aromatic nitrogens is 3. The number of imidazole rings is 1. The Morgan fingerprint density at radius 2 is 2.12 bits per heavy atom. The van der Waals surface area contributed by atoms with Crippen LogP contribution in [0.3, 0.4) is 0 Å². The number of carbonyl (C=O) groups excluding carboxylic acids is 1. The lowest BCUT2D eigenvalue weighted by atomic mass is 10.2. The summed E-state index contributed by atoms with van der Waals surface area (Å²) in [5.41, 5.74) is 3.54. The highest BCUT2D eigenvalue weighted by atomic mass is 16.1. The lowest BCUT2D eigenvalue weighted by Crippen LogP contribution is -2.15. The van der Waals surface area contributed by atoms with Gasteiger partial charge in [0.25, 0.3) is 5.91 Å². The number of aryl methyl sites for hydroxylation is 3. The highest BCUT2D eigenvalue weighted by Gasteiger charge is 2.14. The summed E-state index contributed by atoms with van der Waals surface area (Å²) in [5, 5.41) is 11.8. The summed E-state index contributed by atoms with van der Waals surface area (Å²) in [6, 6.07) is 9.35. The molecule has 0 saturated heterocycles. The molecule has 6 nitrogen and oxygen atoms in total. The van der Waals surface area contributed by atoms with Crippen molar-refractivity contribution < 1.29 is 4.79 Å². The first-order chi connectivity index (χ1) is 11.6. The highest BCUT2D eigenvalue weighted by molar-refractivity contribution is 6.04. The SMILES string of the molecule is CCc1nc2cc(NC(=O)c3cc(C#N)cn3C)ccc2n1CC. The molecule has 2 aromatic heterocycles. The van der Waals surface area contributed by atoms with Crippen molar-refractivity contribution in [3.63, 3.8) is 0 Å². The third-order valence-corrected chi connectivity index (χ3v) is 4.08. The normalized spacial score (nSPS) is 10.8. The van der Waals surface area contributed by atoms with Crippen LogP contribution in [0.4, 0.5) is 5.69 Å². The Hall–Kier alpha value is -3.07. The summed E-state index contributed by atoms with van der Waals surface area (Å²) in [6.45, 7) is 5.04. The van der Waals surface area contributed by atoms with Crippen LogP contribution in [0.1, 0.15) is 35.7 Å². The molecule has 2 heterocycles. The molecule has 0 aliphatic heterocycles. The second-order valence-corrected chi connectivity index (χ2v) is 5.62. The number of nitriles is 1. The van der Waals surface area contributed by atoms with Crippen LogP contribution in [0.25, 0.3) is 11.0 Å². The topological polar surface area (TPSA) is 75.6 Å². The number of nitrogens with one attached hydrogen (secondary N) is 1. The van der Waals surface area contributed by atoms with E-state index in [4.69, 9.17) is 5.26 Å². The van der Waals surface area contributed by atoms with Gasteiger partial charge in [-0.05, 0) is 31.2 Å². The summed E-state index contributed by atoms with van der Waals surface area (Å²) in [6.07, 6.45) is 2.50. The van der Waals surface area contributed by atoms with Crippen molar-refractivity contribution in [2.45, 2.75) is 26.8 Å². The van der Waals surface area contributed by atoms with Crippen molar-refractivity contribution in [2.75, 3.05) is 5.32 Å². The molecule has 0 spiro atoms. The zero-order valence-electron chi connectivity index (χ0n) is 14.0. The molecular weight excluding hydrogens is 302 g/mol. The number of anilines is 1. The van der Waals surface area contributed by atoms with Crippen molar-refractivity contribution in [2.24, 2.45) is 7.05 Å². The monoisotopic (exact) mass is 321 g/mol. The van der Waals surface area contributed by atoms with Gasteiger partial charge in [-0.2, -0.15) is 5.26 Å². The summed E-state index contributed by atoms with van der Waals surface area (Å²) in [7, 11) is 1.75. The van der Waals surface area contributed by atoms with E-state index in [9.17, 15) is 4.79 Å². The van der Waals surface area contributed by atoms with Gasteiger partial charge in [0.15, 0.2) is 0 Å². The van der Waals surface area contributed by atoms with Crippen LogP contribution in [-0.4, -0.2) is 20.0 Å². The zero-order valence-corrected chi connectivity index (χ0v) is 14.0. The van der Waals surface area contributed by atoms with Gasteiger partial charge in [-0.1, -0.05) is 6.92 Å². The summed E-state index contributed by atoms with van der Waals surface area (Å²) in [4.78, 5) is 17.1. The molecular formula is C18H19N5O. The Kier molecular flexibility index (Phi) is 4.09. The fraction of sp³-hybridized carbons (Fsp3) is 0.278. The molecule has 0 bridgehead atoms. The predicted molar refractivity (Wildman–Crippen MR) is 92.9 cm³/mol. The van der Waals surface area contributed by atoms with Gasteiger partial charge in [0.05, 0.1) is 16.6 Å². The number of hydrogen-bond donors (Lipinski definition) is 1. The number of amides is 1. The lowest BCUT2D eigenvalue weighted by molar-refractivity contribution is 0.101. The van der Waals surface area contributed by atoms with Crippen molar-refractivity contribution in [3.8, 4) is 6.07 Å². The minimum Gasteiger partial charge on any atom is -0.345 e. The van der Waals surface area contributed by atoms with Crippen LogP contribution < -0.4 is 5.32 Å². The lowest BCUT2D eigenvalue weighted by Gasteiger charge is -2.07. The fourth-order valence-electron chi connectivity index (χ4n) is 2.93. The van der Waals surface area contributed by atoms with Crippen molar-refractivity contribution in [1.29, 1.82) is 5.26 Å². The molecule has 1 aromatic carbocycles. The predicted octanol–water partition coefficient (Wildman–Crippen LogP) is 3.08. The molecule has 122 valence electrons. The van der Waals surface area contributed by atoms with E-state index in [2.05, 4.69) is 28.7 Å². The first kappa shape index (κ1) is 15.8. The number of fused-ring (bicyclic) bond motifs is 1.